The molecule has 0 saturated carbocycles. The average Bonchev–Trinajstić information content (AvgIpc) is 2.96. The molecule has 1 amide bonds. The van der Waals surface area contributed by atoms with E-state index < -0.39 is 6.10 Å². The van der Waals surface area contributed by atoms with E-state index in [-0.39, 0.29) is 11.8 Å². The van der Waals surface area contributed by atoms with Crippen molar-refractivity contribution in [1.29, 1.82) is 0 Å². The van der Waals surface area contributed by atoms with Gasteiger partial charge in [0.1, 0.15) is 0 Å². The van der Waals surface area contributed by atoms with E-state index in [9.17, 15) is 9.90 Å². The van der Waals surface area contributed by atoms with Gasteiger partial charge in [0, 0.05) is 49.2 Å². The molecule has 1 fully saturated rings. The molecule has 2 atom stereocenters. The number of benzene rings is 1. The van der Waals surface area contributed by atoms with Crippen molar-refractivity contribution in [3.63, 3.8) is 0 Å². The van der Waals surface area contributed by atoms with Crippen LogP contribution in [0.25, 0.3) is 0 Å². The topological polar surface area (TPSA) is 80.3 Å². The summed E-state index contributed by atoms with van der Waals surface area (Å²) in [5, 5.41) is 13.9. The molecular weight excluding hydrogens is 396 g/mol. The van der Waals surface area contributed by atoms with Crippen LogP contribution in [0.4, 0.5) is 0 Å². The third-order valence-corrected chi connectivity index (χ3v) is 5.79. The van der Waals surface area contributed by atoms with Crippen molar-refractivity contribution in [3.8, 4) is 11.5 Å². The SMILES string of the molecule is CCCOCN1CCC(CNC(=O)c2cc(Cl)c(C)c3c2OCCCO3)C(O)C1. The summed E-state index contributed by atoms with van der Waals surface area (Å²) in [7, 11) is 0. The van der Waals surface area contributed by atoms with E-state index in [0.717, 1.165) is 38.0 Å². The number of nitrogens with one attached hydrogen (secondary N) is 1. The fraction of sp³-hybridized carbons (Fsp3) is 0.667. The first-order valence-corrected chi connectivity index (χ1v) is 10.7. The number of piperidine rings is 1. The lowest BCUT2D eigenvalue weighted by atomic mass is 9.94. The van der Waals surface area contributed by atoms with Crippen LogP contribution in [0.5, 0.6) is 11.5 Å². The Kier molecular flexibility index (Phi) is 8.00. The summed E-state index contributed by atoms with van der Waals surface area (Å²) in [6.45, 7) is 7.99. The second-order valence-electron chi connectivity index (χ2n) is 7.68. The maximum atomic E-state index is 12.9. The Bertz CT molecular complexity index is 715. The number of hydrogen-bond acceptors (Lipinski definition) is 6. The lowest BCUT2D eigenvalue weighted by Gasteiger charge is -2.35. The summed E-state index contributed by atoms with van der Waals surface area (Å²) in [5.41, 5.74) is 1.14. The summed E-state index contributed by atoms with van der Waals surface area (Å²) < 4.78 is 17.1. The van der Waals surface area contributed by atoms with Crippen LogP contribution in [-0.2, 0) is 4.74 Å². The number of nitrogens with zero attached hydrogens (tertiary/aromatic N) is 1. The van der Waals surface area contributed by atoms with Gasteiger partial charge in [-0.2, -0.15) is 0 Å². The van der Waals surface area contributed by atoms with E-state index in [1.807, 2.05) is 6.92 Å². The van der Waals surface area contributed by atoms with Crippen LogP contribution in [-0.4, -0.2) is 68.2 Å². The van der Waals surface area contributed by atoms with E-state index in [1.165, 1.54) is 0 Å². The van der Waals surface area contributed by atoms with Gasteiger partial charge in [-0.15, -0.1) is 0 Å². The molecule has 0 aliphatic carbocycles. The number of ether oxygens (including phenoxy) is 3. The van der Waals surface area contributed by atoms with Crippen LogP contribution in [0.15, 0.2) is 6.07 Å². The fourth-order valence-corrected chi connectivity index (χ4v) is 3.85. The number of β-amino-alcohol motifs (C(OH)–C–C–N with tert-alkyl or cyclic N) is 1. The molecule has 2 unspecified atom stereocenters. The zero-order valence-electron chi connectivity index (χ0n) is 17.2. The summed E-state index contributed by atoms with van der Waals surface area (Å²) in [6, 6.07) is 1.63. The van der Waals surface area contributed by atoms with Crippen molar-refractivity contribution in [3.05, 3.63) is 22.2 Å². The minimum absolute atomic E-state index is 0.00179. The summed E-state index contributed by atoms with van der Waals surface area (Å²) in [6.07, 6.45) is 2.02. The highest BCUT2D eigenvalue weighted by Gasteiger charge is 2.29. The molecule has 0 radical (unpaired) electrons. The molecule has 0 aromatic heterocycles. The van der Waals surface area contributed by atoms with Crippen molar-refractivity contribution < 1.29 is 24.1 Å². The number of rotatable bonds is 7. The molecule has 162 valence electrons. The molecule has 2 heterocycles. The minimum atomic E-state index is -0.507. The Morgan fingerprint density at radius 3 is 2.86 bits per heavy atom. The minimum Gasteiger partial charge on any atom is -0.489 e. The first kappa shape index (κ1) is 22.2. The van der Waals surface area contributed by atoms with Crippen molar-refractivity contribution in [1.82, 2.24) is 10.2 Å². The van der Waals surface area contributed by atoms with Crippen LogP contribution in [0.1, 0.15) is 42.1 Å². The van der Waals surface area contributed by atoms with E-state index in [1.54, 1.807) is 6.07 Å². The van der Waals surface area contributed by atoms with Gasteiger partial charge in [-0.1, -0.05) is 18.5 Å². The fourth-order valence-electron chi connectivity index (χ4n) is 3.65. The number of aliphatic hydroxyl groups is 1. The van der Waals surface area contributed by atoms with Crippen molar-refractivity contribution in [2.24, 2.45) is 5.92 Å². The number of carbonyl (C=O) groups is 1. The molecule has 0 spiro atoms. The number of likely N-dealkylation sites (tertiary alicyclic amines) is 1. The second-order valence-corrected chi connectivity index (χ2v) is 8.09. The highest BCUT2D eigenvalue weighted by Crippen LogP contribution is 2.40. The quantitative estimate of drug-likeness (QED) is 0.652. The predicted molar refractivity (Wildman–Crippen MR) is 111 cm³/mol. The first-order chi connectivity index (χ1) is 14.0. The van der Waals surface area contributed by atoms with Crippen LogP contribution in [0.3, 0.4) is 0 Å². The molecule has 1 aromatic carbocycles. The molecule has 3 rings (SSSR count). The lowest BCUT2D eigenvalue weighted by Crippen LogP contribution is -2.48. The Morgan fingerprint density at radius 2 is 2.14 bits per heavy atom. The first-order valence-electron chi connectivity index (χ1n) is 10.4. The molecule has 2 aliphatic heterocycles. The maximum Gasteiger partial charge on any atom is 0.255 e. The Morgan fingerprint density at radius 1 is 1.38 bits per heavy atom. The Hall–Kier alpha value is -1.54. The van der Waals surface area contributed by atoms with E-state index in [4.69, 9.17) is 25.8 Å². The summed E-state index contributed by atoms with van der Waals surface area (Å²) >= 11 is 6.32. The summed E-state index contributed by atoms with van der Waals surface area (Å²) in [4.78, 5) is 15.0. The van der Waals surface area contributed by atoms with Gasteiger partial charge in [0.25, 0.3) is 5.91 Å². The number of aliphatic hydroxyl groups excluding tert-OH is 1. The summed E-state index contributed by atoms with van der Waals surface area (Å²) in [5.74, 6) is 0.721. The maximum absolute atomic E-state index is 12.9. The van der Waals surface area contributed by atoms with Crippen LogP contribution in [0.2, 0.25) is 5.02 Å². The standard InChI is InChI=1S/C21H31ClN2O5/c1-3-7-27-13-24-6-5-15(18(25)12-24)11-23-21(26)16-10-17(22)14(2)19-20(16)29-9-4-8-28-19/h10,15,18,25H,3-9,11-13H2,1-2H3,(H,23,26). The number of halogens is 1. The number of amides is 1. The zero-order chi connectivity index (χ0) is 20.8. The Labute approximate surface area is 177 Å². The van der Waals surface area contributed by atoms with Crippen molar-refractivity contribution in [2.45, 2.75) is 39.2 Å². The molecule has 2 N–H and O–H groups in total. The molecule has 1 saturated heterocycles. The number of fused-ring (bicyclic) bond motifs is 1. The van der Waals surface area contributed by atoms with Gasteiger partial charge >= 0.3 is 0 Å². The van der Waals surface area contributed by atoms with Gasteiger partial charge in [0.15, 0.2) is 11.5 Å². The van der Waals surface area contributed by atoms with Crippen molar-refractivity contribution in [2.75, 3.05) is 46.2 Å². The van der Waals surface area contributed by atoms with Crippen LogP contribution >= 0.6 is 11.6 Å². The molecule has 2 aliphatic rings. The van der Waals surface area contributed by atoms with Gasteiger partial charge in [-0.05, 0) is 25.8 Å². The van der Waals surface area contributed by atoms with E-state index in [2.05, 4.69) is 17.1 Å². The highest BCUT2D eigenvalue weighted by molar-refractivity contribution is 6.32. The largest absolute Gasteiger partial charge is 0.489 e. The second kappa shape index (κ2) is 10.5. The number of carbonyl (C=O) groups excluding carboxylic acids is 1. The third kappa shape index (κ3) is 5.54. The normalized spacial score (nSPS) is 22.2. The lowest BCUT2D eigenvalue weighted by molar-refractivity contribution is -0.0383. The molecule has 7 nitrogen and oxygen atoms in total. The molecule has 8 heteroatoms. The van der Waals surface area contributed by atoms with Gasteiger partial charge in [-0.3, -0.25) is 9.69 Å². The number of hydrogen-bond donors (Lipinski definition) is 2. The van der Waals surface area contributed by atoms with E-state index in [0.29, 0.717) is 55.1 Å². The molecule has 0 bridgehead atoms. The predicted octanol–water partition coefficient (Wildman–Crippen LogP) is 2.61. The van der Waals surface area contributed by atoms with E-state index >= 15 is 0 Å². The molecular formula is C21H31ClN2O5. The molecule has 1 aromatic rings. The average molecular weight is 427 g/mol. The van der Waals surface area contributed by atoms with Crippen LogP contribution in [0, 0.1) is 12.8 Å². The van der Waals surface area contributed by atoms with Gasteiger partial charge in [0.2, 0.25) is 0 Å². The third-order valence-electron chi connectivity index (χ3n) is 5.40. The molecule has 29 heavy (non-hydrogen) atoms. The van der Waals surface area contributed by atoms with Crippen molar-refractivity contribution >= 4 is 17.5 Å². The zero-order valence-corrected chi connectivity index (χ0v) is 18.0. The van der Waals surface area contributed by atoms with Gasteiger partial charge in [-0.25, -0.2) is 0 Å². The van der Waals surface area contributed by atoms with Gasteiger partial charge < -0.3 is 24.6 Å². The highest BCUT2D eigenvalue weighted by atomic mass is 35.5. The Balaban J connectivity index is 1.60. The monoisotopic (exact) mass is 426 g/mol. The van der Waals surface area contributed by atoms with Gasteiger partial charge in [0.05, 0.1) is 31.6 Å². The van der Waals surface area contributed by atoms with Crippen LogP contribution < -0.4 is 14.8 Å². The smallest absolute Gasteiger partial charge is 0.255 e.